The van der Waals surface area contributed by atoms with Crippen LogP contribution in [0.4, 0.5) is 0 Å². The van der Waals surface area contributed by atoms with Crippen molar-refractivity contribution >= 4 is 11.7 Å². The van der Waals surface area contributed by atoms with E-state index in [0.717, 1.165) is 23.3 Å². The first-order chi connectivity index (χ1) is 16.5. The highest BCUT2D eigenvalue weighted by molar-refractivity contribution is 6.37. The summed E-state index contributed by atoms with van der Waals surface area (Å²) in [5, 5.41) is 5.13. The molecular weight excluding hydrogens is 424 g/mol. The summed E-state index contributed by atoms with van der Waals surface area (Å²) < 4.78 is 1.96. The second-order valence-corrected chi connectivity index (χ2v) is 10.9. The molecule has 5 aliphatic rings. The maximum atomic E-state index is 13.0. The van der Waals surface area contributed by atoms with Crippen LogP contribution in [0.25, 0.3) is 0 Å². The van der Waals surface area contributed by atoms with E-state index in [0.29, 0.717) is 6.42 Å². The van der Waals surface area contributed by atoms with Crippen molar-refractivity contribution in [3.8, 4) is 0 Å². The standard InChI is InChI=1S/C28H32N4O2/c29-27(34)26(33)23(15-19-6-2-1-3-7-19)31-10-5-4-8-25(31)32-11-9-24(30-32)28-16-20-12-21(17-28)14-22(13-20)18-28/h1-11,20-23,25H,12-18H2,(H2,29,34). The van der Waals surface area contributed by atoms with Crippen LogP contribution >= 0.6 is 0 Å². The Kier molecular flexibility index (Phi) is 5.19. The number of rotatable bonds is 7. The molecule has 2 atom stereocenters. The molecule has 0 spiro atoms. The Morgan fingerprint density at radius 3 is 2.32 bits per heavy atom. The summed E-state index contributed by atoms with van der Waals surface area (Å²) in [6, 6.07) is 11.3. The van der Waals surface area contributed by atoms with Gasteiger partial charge in [-0.05, 0) is 80.1 Å². The third-order valence-electron chi connectivity index (χ3n) is 8.60. The molecular formula is C28H32N4O2. The zero-order chi connectivity index (χ0) is 23.3. The van der Waals surface area contributed by atoms with E-state index in [2.05, 4.69) is 6.07 Å². The molecule has 1 aliphatic heterocycles. The monoisotopic (exact) mass is 456 g/mol. The van der Waals surface area contributed by atoms with E-state index in [-0.39, 0.29) is 11.6 Å². The first kappa shape index (κ1) is 21.4. The van der Waals surface area contributed by atoms with Gasteiger partial charge in [-0.2, -0.15) is 5.10 Å². The number of primary amides is 1. The van der Waals surface area contributed by atoms with Gasteiger partial charge in [0.2, 0.25) is 5.78 Å². The van der Waals surface area contributed by atoms with Gasteiger partial charge in [0.05, 0.1) is 5.69 Å². The Balaban J connectivity index is 1.30. The zero-order valence-electron chi connectivity index (χ0n) is 19.4. The Morgan fingerprint density at radius 2 is 1.68 bits per heavy atom. The minimum absolute atomic E-state index is 0.214. The van der Waals surface area contributed by atoms with Gasteiger partial charge < -0.3 is 10.6 Å². The number of benzene rings is 1. The lowest BCUT2D eigenvalue weighted by molar-refractivity contribution is -0.139. The molecule has 7 rings (SSSR count). The van der Waals surface area contributed by atoms with Crippen molar-refractivity contribution < 1.29 is 9.59 Å². The fourth-order valence-electron chi connectivity index (χ4n) is 7.54. The van der Waals surface area contributed by atoms with Gasteiger partial charge in [-0.25, -0.2) is 4.68 Å². The van der Waals surface area contributed by atoms with E-state index >= 15 is 0 Å². The number of ketones is 1. The minimum Gasteiger partial charge on any atom is -0.363 e. The van der Waals surface area contributed by atoms with Crippen molar-refractivity contribution in [3.05, 3.63) is 78.3 Å². The van der Waals surface area contributed by atoms with E-state index in [4.69, 9.17) is 10.8 Å². The van der Waals surface area contributed by atoms with Crippen molar-refractivity contribution in [2.75, 3.05) is 0 Å². The van der Waals surface area contributed by atoms with E-state index in [1.54, 1.807) is 0 Å². The molecule has 4 bridgehead atoms. The van der Waals surface area contributed by atoms with Crippen molar-refractivity contribution in [1.82, 2.24) is 14.7 Å². The molecule has 0 saturated heterocycles. The highest BCUT2D eigenvalue weighted by Crippen LogP contribution is 2.60. The minimum atomic E-state index is -0.905. The molecule has 1 amide bonds. The average molecular weight is 457 g/mol. The smallest absolute Gasteiger partial charge is 0.287 e. The fourth-order valence-corrected chi connectivity index (χ4v) is 7.54. The highest BCUT2D eigenvalue weighted by atomic mass is 16.2. The molecule has 34 heavy (non-hydrogen) atoms. The summed E-state index contributed by atoms with van der Waals surface area (Å²) >= 11 is 0. The number of nitrogens with zero attached hydrogens (tertiary/aromatic N) is 3. The van der Waals surface area contributed by atoms with Crippen LogP contribution in [0.5, 0.6) is 0 Å². The highest BCUT2D eigenvalue weighted by Gasteiger charge is 2.52. The number of hydrogen-bond acceptors (Lipinski definition) is 4. The van der Waals surface area contributed by atoms with Gasteiger partial charge in [0.25, 0.3) is 5.91 Å². The van der Waals surface area contributed by atoms with Gasteiger partial charge in [0.1, 0.15) is 12.2 Å². The second kappa shape index (κ2) is 8.26. The maximum Gasteiger partial charge on any atom is 0.287 e. The molecule has 2 N–H and O–H groups in total. The Bertz CT molecular complexity index is 1110. The fraction of sp³-hybridized carbons (Fsp3) is 0.464. The van der Waals surface area contributed by atoms with Crippen LogP contribution in [-0.2, 0) is 21.4 Å². The number of amides is 1. The lowest BCUT2D eigenvalue weighted by atomic mass is 9.49. The third kappa shape index (κ3) is 3.69. The van der Waals surface area contributed by atoms with Crippen LogP contribution in [0.15, 0.2) is 67.0 Å². The van der Waals surface area contributed by atoms with E-state index < -0.39 is 17.7 Å². The van der Waals surface area contributed by atoms with Crippen LogP contribution in [0.3, 0.4) is 0 Å². The molecule has 2 heterocycles. The lowest BCUT2D eigenvalue weighted by Gasteiger charge is -2.56. The average Bonchev–Trinajstić information content (AvgIpc) is 3.33. The van der Waals surface area contributed by atoms with Gasteiger partial charge in [-0.15, -0.1) is 0 Å². The maximum absolute atomic E-state index is 13.0. The largest absolute Gasteiger partial charge is 0.363 e. The van der Waals surface area contributed by atoms with Crippen molar-refractivity contribution in [3.63, 3.8) is 0 Å². The predicted octanol–water partition coefficient (Wildman–Crippen LogP) is 3.90. The number of carbonyl (C=O) groups excluding carboxylic acids is 2. The molecule has 6 nitrogen and oxygen atoms in total. The molecule has 2 unspecified atom stereocenters. The molecule has 176 valence electrons. The van der Waals surface area contributed by atoms with Crippen LogP contribution < -0.4 is 5.73 Å². The molecule has 6 heteroatoms. The number of aromatic nitrogens is 2. The lowest BCUT2D eigenvalue weighted by Crippen LogP contribution is -2.49. The SMILES string of the molecule is NC(=O)C(=O)C(Cc1ccccc1)N1C=CC=CC1n1ccc(C23CC4CC(CC(C4)C2)C3)n1. The quantitative estimate of drug-likeness (QED) is 0.641. The van der Waals surface area contributed by atoms with E-state index in [1.165, 1.54) is 44.2 Å². The molecule has 1 aromatic heterocycles. The molecule has 1 aromatic carbocycles. The Hall–Kier alpha value is -3.15. The summed E-state index contributed by atoms with van der Waals surface area (Å²) in [7, 11) is 0. The van der Waals surface area contributed by atoms with Crippen molar-refractivity contribution in [1.29, 1.82) is 0 Å². The van der Waals surface area contributed by atoms with Gasteiger partial charge in [0.15, 0.2) is 0 Å². The first-order valence-corrected chi connectivity index (χ1v) is 12.6. The van der Waals surface area contributed by atoms with Crippen molar-refractivity contribution in [2.45, 2.75) is 62.6 Å². The topological polar surface area (TPSA) is 81.2 Å². The summed E-state index contributed by atoms with van der Waals surface area (Å²) in [5.41, 5.74) is 7.88. The summed E-state index contributed by atoms with van der Waals surface area (Å²) in [4.78, 5) is 26.8. The van der Waals surface area contributed by atoms with Crippen LogP contribution in [0.1, 0.15) is 55.9 Å². The van der Waals surface area contributed by atoms with Crippen LogP contribution in [0, 0.1) is 17.8 Å². The number of nitrogens with two attached hydrogens (primary N) is 1. The van der Waals surface area contributed by atoms with Gasteiger partial charge in [-0.3, -0.25) is 9.59 Å². The molecule has 4 fully saturated rings. The number of allylic oxidation sites excluding steroid dienone is 2. The van der Waals surface area contributed by atoms with Crippen LogP contribution in [0.2, 0.25) is 0 Å². The molecule has 4 aliphatic carbocycles. The molecule has 4 saturated carbocycles. The summed E-state index contributed by atoms with van der Waals surface area (Å²) in [6.45, 7) is 0. The van der Waals surface area contributed by atoms with Crippen LogP contribution in [-0.4, -0.2) is 32.4 Å². The van der Waals surface area contributed by atoms with E-state index in [9.17, 15) is 9.59 Å². The van der Waals surface area contributed by atoms with Gasteiger partial charge in [0, 0.05) is 24.2 Å². The normalized spacial score (nSPS) is 32.2. The first-order valence-electron chi connectivity index (χ1n) is 12.6. The Labute approximate surface area is 200 Å². The van der Waals surface area contributed by atoms with E-state index in [1.807, 2.05) is 70.5 Å². The van der Waals surface area contributed by atoms with Crippen molar-refractivity contribution in [2.24, 2.45) is 23.5 Å². The molecule has 0 radical (unpaired) electrons. The van der Waals surface area contributed by atoms with Gasteiger partial charge >= 0.3 is 0 Å². The summed E-state index contributed by atoms with van der Waals surface area (Å²) in [6.07, 6.45) is 17.9. The summed E-state index contributed by atoms with van der Waals surface area (Å²) in [5.74, 6) is 1.08. The second-order valence-electron chi connectivity index (χ2n) is 10.9. The number of carbonyl (C=O) groups is 2. The van der Waals surface area contributed by atoms with Gasteiger partial charge in [-0.1, -0.05) is 36.4 Å². The zero-order valence-corrected chi connectivity index (χ0v) is 19.4. The predicted molar refractivity (Wildman–Crippen MR) is 129 cm³/mol. The molecule has 2 aromatic rings. The number of hydrogen-bond donors (Lipinski definition) is 1. The Morgan fingerprint density at radius 1 is 1.00 bits per heavy atom. The third-order valence-corrected chi connectivity index (χ3v) is 8.60. The number of Topliss-reactive ketones (excluding diaryl/α,β-unsaturated/α-hetero) is 1.